The van der Waals surface area contributed by atoms with Gasteiger partial charge >= 0.3 is 0 Å². The summed E-state index contributed by atoms with van der Waals surface area (Å²) in [6.07, 6.45) is 1.95. The highest BCUT2D eigenvalue weighted by Gasteiger charge is 2.39. The monoisotopic (exact) mass is 361 g/mol. The highest BCUT2D eigenvalue weighted by Crippen LogP contribution is 2.22. The lowest BCUT2D eigenvalue weighted by Crippen LogP contribution is -2.66. The lowest BCUT2D eigenvalue weighted by atomic mass is 9.97. The van der Waals surface area contributed by atoms with Gasteiger partial charge in [0.1, 0.15) is 5.75 Å². The predicted octanol–water partition coefficient (Wildman–Crippen LogP) is 0.369. The predicted molar refractivity (Wildman–Crippen MR) is 96.6 cm³/mol. The van der Waals surface area contributed by atoms with Crippen molar-refractivity contribution in [3.8, 4) is 5.75 Å². The fourth-order valence-corrected chi connectivity index (χ4v) is 3.54. The maximum Gasteiger partial charge on any atom is 0.258 e. The Labute approximate surface area is 153 Å². The van der Waals surface area contributed by atoms with Gasteiger partial charge in [0.15, 0.2) is 6.61 Å². The summed E-state index contributed by atoms with van der Waals surface area (Å²) in [7, 11) is 0. The van der Waals surface area contributed by atoms with Crippen LogP contribution in [0.2, 0.25) is 0 Å². The van der Waals surface area contributed by atoms with Gasteiger partial charge in [-0.3, -0.25) is 14.5 Å². The molecule has 142 valence electrons. The number of aliphatic hydroxyl groups excluding tert-OH is 1. The maximum atomic E-state index is 12.4. The van der Waals surface area contributed by atoms with Gasteiger partial charge in [-0.25, -0.2) is 0 Å². The largest absolute Gasteiger partial charge is 0.484 e. The summed E-state index contributed by atoms with van der Waals surface area (Å²) in [4.78, 5) is 28.5. The van der Waals surface area contributed by atoms with Crippen LogP contribution in [0, 0.1) is 0 Å². The van der Waals surface area contributed by atoms with Crippen molar-refractivity contribution in [3.05, 3.63) is 29.8 Å². The zero-order valence-corrected chi connectivity index (χ0v) is 15.2. The van der Waals surface area contributed by atoms with Gasteiger partial charge < -0.3 is 20.1 Å². The number of carbonyl (C=O) groups excluding carboxylic acids is 2. The minimum absolute atomic E-state index is 0.0154. The van der Waals surface area contributed by atoms with Crippen molar-refractivity contribution >= 4 is 11.8 Å². The lowest BCUT2D eigenvalue weighted by molar-refractivity contribution is -0.142. The Morgan fingerprint density at radius 2 is 2.04 bits per heavy atom. The number of likely N-dealkylation sites (tertiary alicyclic amines) is 2. The molecule has 0 saturated carbocycles. The molecular formula is C19H27N3O4. The molecule has 2 aliphatic heterocycles. The van der Waals surface area contributed by atoms with Crippen LogP contribution in [0.15, 0.2) is 24.3 Å². The number of carbonyl (C=O) groups is 2. The molecule has 7 nitrogen and oxygen atoms in total. The first-order chi connectivity index (χ1) is 12.6. The molecule has 2 fully saturated rings. The average molecular weight is 361 g/mol. The fourth-order valence-electron chi connectivity index (χ4n) is 3.54. The highest BCUT2D eigenvalue weighted by molar-refractivity contribution is 5.83. The highest BCUT2D eigenvalue weighted by atomic mass is 16.5. The topological polar surface area (TPSA) is 82.1 Å². The van der Waals surface area contributed by atoms with Gasteiger partial charge in [-0.05, 0) is 37.5 Å². The first kappa shape index (κ1) is 18.7. The van der Waals surface area contributed by atoms with Crippen LogP contribution in [-0.2, 0) is 16.2 Å². The summed E-state index contributed by atoms with van der Waals surface area (Å²) in [5.74, 6) is 0.657. The molecule has 0 spiro atoms. The molecule has 2 amide bonds. The lowest BCUT2D eigenvalue weighted by Gasteiger charge is -2.46. The van der Waals surface area contributed by atoms with E-state index in [1.807, 2.05) is 11.8 Å². The third kappa shape index (κ3) is 4.34. The molecule has 0 aliphatic carbocycles. The molecule has 1 aromatic carbocycles. The number of nitrogens with one attached hydrogen (secondary N) is 1. The van der Waals surface area contributed by atoms with Gasteiger partial charge in [0.05, 0.1) is 18.7 Å². The SMILES string of the molecule is CCN1CCCC(N2CC(NC(=O)COc3ccc(CO)cc3)C2)C1=O. The third-order valence-corrected chi connectivity index (χ3v) is 5.08. The maximum absolute atomic E-state index is 12.4. The standard InChI is InChI=1S/C19H27N3O4/c1-2-21-9-3-4-17(19(21)25)22-10-15(11-22)20-18(24)13-26-16-7-5-14(12-23)6-8-16/h5-8,15,17,23H,2-4,9-13H2,1H3,(H,20,24). The minimum atomic E-state index is -0.161. The fraction of sp³-hybridized carbons (Fsp3) is 0.579. The molecule has 2 aliphatic rings. The van der Waals surface area contributed by atoms with Gasteiger partial charge in [-0.1, -0.05) is 12.1 Å². The van der Waals surface area contributed by atoms with Crippen LogP contribution in [0.1, 0.15) is 25.3 Å². The second kappa shape index (κ2) is 8.51. The normalized spacial score (nSPS) is 21.4. The van der Waals surface area contributed by atoms with E-state index in [0.29, 0.717) is 18.8 Å². The van der Waals surface area contributed by atoms with E-state index in [9.17, 15) is 9.59 Å². The molecule has 0 radical (unpaired) electrons. The van der Waals surface area contributed by atoms with E-state index in [0.717, 1.165) is 31.5 Å². The Bertz CT molecular complexity index is 628. The number of ether oxygens (including phenoxy) is 1. The van der Waals surface area contributed by atoms with Gasteiger partial charge in [-0.15, -0.1) is 0 Å². The molecule has 1 aromatic rings. The van der Waals surface area contributed by atoms with Crippen LogP contribution in [0.3, 0.4) is 0 Å². The van der Waals surface area contributed by atoms with Gasteiger partial charge in [0.25, 0.3) is 5.91 Å². The molecule has 1 atom stereocenters. The number of rotatable bonds is 7. The molecule has 2 N–H and O–H groups in total. The summed E-state index contributed by atoms with van der Waals surface area (Å²) in [6, 6.07) is 7.04. The first-order valence-corrected chi connectivity index (χ1v) is 9.25. The average Bonchev–Trinajstić information content (AvgIpc) is 2.63. The Morgan fingerprint density at radius 1 is 1.31 bits per heavy atom. The summed E-state index contributed by atoms with van der Waals surface area (Å²) in [5.41, 5.74) is 0.801. The number of piperidine rings is 1. The molecule has 26 heavy (non-hydrogen) atoms. The van der Waals surface area contributed by atoms with Crippen molar-refractivity contribution < 1.29 is 19.4 Å². The van der Waals surface area contributed by atoms with E-state index < -0.39 is 0 Å². The zero-order chi connectivity index (χ0) is 18.5. The molecule has 0 bridgehead atoms. The molecule has 2 heterocycles. The second-order valence-electron chi connectivity index (χ2n) is 6.89. The van der Waals surface area contributed by atoms with E-state index in [-0.39, 0.29) is 37.1 Å². The Balaban J connectivity index is 1.38. The Hall–Kier alpha value is -2.12. The summed E-state index contributed by atoms with van der Waals surface area (Å²) >= 11 is 0. The van der Waals surface area contributed by atoms with E-state index in [4.69, 9.17) is 9.84 Å². The van der Waals surface area contributed by atoms with E-state index in [1.165, 1.54) is 0 Å². The Kier molecular flexibility index (Phi) is 6.11. The number of nitrogens with zero attached hydrogens (tertiary/aromatic N) is 2. The smallest absolute Gasteiger partial charge is 0.258 e. The van der Waals surface area contributed by atoms with Gasteiger partial charge in [0, 0.05) is 26.2 Å². The number of amides is 2. The van der Waals surface area contributed by atoms with Crippen LogP contribution in [0.25, 0.3) is 0 Å². The molecular weight excluding hydrogens is 334 g/mol. The zero-order valence-electron chi connectivity index (χ0n) is 15.2. The Morgan fingerprint density at radius 3 is 2.69 bits per heavy atom. The molecule has 1 unspecified atom stereocenters. The number of aliphatic hydroxyl groups is 1. The molecule has 3 rings (SSSR count). The van der Waals surface area contributed by atoms with Crippen molar-refractivity contribution in [1.82, 2.24) is 15.1 Å². The van der Waals surface area contributed by atoms with Crippen molar-refractivity contribution in [1.29, 1.82) is 0 Å². The van der Waals surface area contributed by atoms with Gasteiger partial charge in [0.2, 0.25) is 5.91 Å². The summed E-state index contributed by atoms with van der Waals surface area (Å²) in [5, 5.41) is 12.0. The number of likely N-dealkylation sites (N-methyl/N-ethyl adjacent to an activating group) is 1. The third-order valence-electron chi connectivity index (χ3n) is 5.08. The van der Waals surface area contributed by atoms with Crippen molar-refractivity contribution in [2.75, 3.05) is 32.8 Å². The molecule has 2 saturated heterocycles. The second-order valence-corrected chi connectivity index (χ2v) is 6.89. The van der Waals surface area contributed by atoms with E-state index in [1.54, 1.807) is 24.3 Å². The van der Waals surface area contributed by atoms with Crippen LogP contribution in [0.5, 0.6) is 5.75 Å². The molecule has 0 aromatic heterocycles. The van der Waals surface area contributed by atoms with Crippen LogP contribution >= 0.6 is 0 Å². The van der Waals surface area contributed by atoms with E-state index >= 15 is 0 Å². The summed E-state index contributed by atoms with van der Waals surface area (Å²) < 4.78 is 5.46. The first-order valence-electron chi connectivity index (χ1n) is 9.25. The van der Waals surface area contributed by atoms with Crippen LogP contribution in [0.4, 0.5) is 0 Å². The summed E-state index contributed by atoms with van der Waals surface area (Å²) in [6.45, 7) is 5.00. The quantitative estimate of drug-likeness (QED) is 0.733. The van der Waals surface area contributed by atoms with Crippen molar-refractivity contribution in [3.63, 3.8) is 0 Å². The number of hydrogen-bond acceptors (Lipinski definition) is 5. The van der Waals surface area contributed by atoms with Crippen LogP contribution in [-0.4, -0.2) is 71.6 Å². The van der Waals surface area contributed by atoms with E-state index in [2.05, 4.69) is 10.2 Å². The number of hydrogen-bond donors (Lipinski definition) is 2. The minimum Gasteiger partial charge on any atom is -0.484 e. The van der Waals surface area contributed by atoms with Crippen LogP contribution < -0.4 is 10.1 Å². The van der Waals surface area contributed by atoms with Crippen molar-refractivity contribution in [2.45, 2.75) is 38.5 Å². The van der Waals surface area contributed by atoms with Crippen molar-refractivity contribution in [2.24, 2.45) is 0 Å². The van der Waals surface area contributed by atoms with Gasteiger partial charge in [-0.2, -0.15) is 0 Å². The molecule has 7 heteroatoms. The number of benzene rings is 1.